The molecule has 4 nitrogen and oxygen atoms in total. The third kappa shape index (κ3) is 3.09. The molecule has 1 heterocycles. The first-order chi connectivity index (χ1) is 11.1. The van der Waals surface area contributed by atoms with Gasteiger partial charge in [0.1, 0.15) is 11.5 Å². The Kier molecular flexibility index (Phi) is 4.37. The van der Waals surface area contributed by atoms with Gasteiger partial charge >= 0.3 is 5.97 Å². The average molecular weight is 348 g/mol. The minimum absolute atomic E-state index is 0.304. The lowest BCUT2D eigenvalue weighted by Crippen LogP contribution is -2.07. The molecular weight excluding hydrogens is 337 g/mol. The summed E-state index contributed by atoms with van der Waals surface area (Å²) < 4.78 is 5.29. The Morgan fingerprint density at radius 1 is 1.17 bits per heavy atom. The zero-order chi connectivity index (χ0) is 16.4. The molecule has 6 heteroatoms. The summed E-state index contributed by atoms with van der Waals surface area (Å²) in [6.07, 6.45) is 1.66. The SMILES string of the molecule is COc1ccccc1C=C1C(=O)ON=C1c1ccc(Cl)cc1Cl. The highest BCUT2D eigenvalue weighted by atomic mass is 35.5. The predicted octanol–water partition coefficient (Wildman–Crippen LogP) is 4.35. The van der Waals surface area contributed by atoms with Crippen LogP contribution in [0.15, 0.2) is 53.2 Å². The predicted molar refractivity (Wildman–Crippen MR) is 90.1 cm³/mol. The largest absolute Gasteiger partial charge is 0.496 e. The summed E-state index contributed by atoms with van der Waals surface area (Å²) in [7, 11) is 1.56. The summed E-state index contributed by atoms with van der Waals surface area (Å²) in [4.78, 5) is 16.8. The molecule has 0 saturated heterocycles. The fourth-order valence-electron chi connectivity index (χ4n) is 2.23. The Morgan fingerprint density at radius 3 is 2.70 bits per heavy atom. The van der Waals surface area contributed by atoms with E-state index in [1.165, 1.54) is 0 Å². The molecule has 0 N–H and O–H groups in total. The molecule has 0 radical (unpaired) electrons. The minimum Gasteiger partial charge on any atom is -0.496 e. The average Bonchev–Trinajstić information content (AvgIpc) is 2.89. The van der Waals surface area contributed by atoms with Gasteiger partial charge in [0, 0.05) is 16.1 Å². The van der Waals surface area contributed by atoms with E-state index >= 15 is 0 Å². The molecule has 23 heavy (non-hydrogen) atoms. The molecule has 0 bridgehead atoms. The van der Waals surface area contributed by atoms with Crippen LogP contribution < -0.4 is 4.74 Å². The zero-order valence-corrected chi connectivity index (χ0v) is 13.6. The number of ether oxygens (including phenoxy) is 1. The topological polar surface area (TPSA) is 47.9 Å². The number of hydrogen-bond acceptors (Lipinski definition) is 4. The number of carbonyl (C=O) groups is 1. The van der Waals surface area contributed by atoms with Crippen molar-refractivity contribution in [3.05, 3.63) is 69.2 Å². The van der Waals surface area contributed by atoms with Gasteiger partial charge in [0.05, 0.1) is 17.7 Å². The third-order valence-electron chi connectivity index (χ3n) is 3.32. The molecule has 0 saturated carbocycles. The molecule has 0 atom stereocenters. The van der Waals surface area contributed by atoms with Crippen molar-refractivity contribution in [2.75, 3.05) is 7.11 Å². The van der Waals surface area contributed by atoms with E-state index in [2.05, 4.69) is 5.16 Å². The zero-order valence-electron chi connectivity index (χ0n) is 12.0. The molecule has 0 aliphatic carbocycles. The van der Waals surface area contributed by atoms with Crippen LogP contribution in [0.1, 0.15) is 11.1 Å². The summed E-state index contributed by atoms with van der Waals surface area (Å²) in [5, 5.41) is 4.73. The van der Waals surface area contributed by atoms with Gasteiger partial charge in [0.2, 0.25) is 0 Å². The molecule has 0 amide bonds. The van der Waals surface area contributed by atoms with E-state index in [-0.39, 0.29) is 0 Å². The van der Waals surface area contributed by atoms with E-state index in [0.29, 0.717) is 32.6 Å². The van der Waals surface area contributed by atoms with Crippen LogP contribution in [-0.2, 0) is 9.63 Å². The van der Waals surface area contributed by atoms with Crippen molar-refractivity contribution in [2.45, 2.75) is 0 Å². The number of oxime groups is 1. The number of halogens is 2. The van der Waals surface area contributed by atoms with Gasteiger partial charge in [-0.15, -0.1) is 0 Å². The van der Waals surface area contributed by atoms with Crippen molar-refractivity contribution in [1.29, 1.82) is 0 Å². The van der Waals surface area contributed by atoms with E-state index in [9.17, 15) is 4.79 Å². The Morgan fingerprint density at radius 2 is 1.96 bits per heavy atom. The first-order valence-corrected chi connectivity index (χ1v) is 7.45. The number of benzene rings is 2. The summed E-state index contributed by atoms with van der Waals surface area (Å²) in [6.45, 7) is 0. The third-order valence-corrected chi connectivity index (χ3v) is 3.87. The lowest BCUT2D eigenvalue weighted by Gasteiger charge is -2.06. The molecule has 2 aromatic carbocycles. The maximum absolute atomic E-state index is 12.0. The smallest absolute Gasteiger partial charge is 0.368 e. The normalized spacial score (nSPS) is 15.5. The highest BCUT2D eigenvalue weighted by Gasteiger charge is 2.28. The van der Waals surface area contributed by atoms with Gasteiger partial charge in [-0.3, -0.25) is 0 Å². The van der Waals surface area contributed by atoms with Gasteiger partial charge in [-0.1, -0.05) is 46.6 Å². The summed E-state index contributed by atoms with van der Waals surface area (Å²) in [6, 6.07) is 12.3. The number of rotatable bonds is 3. The lowest BCUT2D eigenvalue weighted by atomic mass is 10.0. The van der Waals surface area contributed by atoms with Crippen LogP contribution in [0.4, 0.5) is 0 Å². The Hall–Kier alpha value is -2.30. The fourth-order valence-corrected chi connectivity index (χ4v) is 2.72. The standard InChI is InChI=1S/C17H11Cl2NO3/c1-22-15-5-3-2-4-10(15)8-13-16(20-23-17(13)21)12-7-6-11(18)9-14(12)19/h2-9H,1H3. The van der Waals surface area contributed by atoms with Crippen LogP contribution in [-0.4, -0.2) is 18.8 Å². The van der Waals surface area contributed by atoms with Crippen molar-refractivity contribution in [3.63, 3.8) is 0 Å². The second-order valence-corrected chi connectivity index (χ2v) is 5.59. The van der Waals surface area contributed by atoms with Crippen LogP contribution in [0.2, 0.25) is 10.0 Å². The minimum atomic E-state index is -0.545. The van der Waals surface area contributed by atoms with Crippen molar-refractivity contribution in [2.24, 2.45) is 5.16 Å². The first-order valence-electron chi connectivity index (χ1n) is 6.70. The van der Waals surface area contributed by atoms with Gasteiger partial charge < -0.3 is 9.57 Å². The maximum Gasteiger partial charge on any atom is 0.368 e. The molecule has 1 aliphatic rings. The molecule has 0 aromatic heterocycles. The molecule has 0 unspecified atom stereocenters. The van der Waals surface area contributed by atoms with Crippen molar-refractivity contribution in [3.8, 4) is 5.75 Å². The van der Waals surface area contributed by atoms with E-state index in [1.807, 2.05) is 18.2 Å². The van der Waals surface area contributed by atoms with Gasteiger partial charge in [-0.25, -0.2) is 4.79 Å². The molecule has 0 fully saturated rings. The van der Waals surface area contributed by atoms with Crippen molar-refractivity contribution < 1.29 is 14.4 Å². The summed E-state index contributed by atoms with van der Waals surface area (Å²) in [5.41, 5.74) is 1.98. The first kappa shape index (κ1) is 15.6. The molecule has 116 valence electrons. The van der Waals surface area contributed by atoms with Gasteiger partial charge in [0.15, 0.2) is 0 Å². The lowest BCUT2D eigenvalue weighted by molar-refractivity contribution is -0.136. The molecule has 2 aromatic rings. The van der Waals surface area contributed by atoms with Gasteiger partial charge in [-0.05, 0) is 30.3 Å². The molecule has 3 rings (SSSR count). The van der Waals surface area contributed by atoms with Crippen molar-refractivity contribution >= 4 is 41.0 Å². The Labute approximate surface area is 142 Å². The molecular formula is C17H11Cl2NO3. The van der Waals surface area contributed by atoms with E-state index in [0.717, 1.165) is 5.56 Å². The van der Waals surface area contributed by atoms with Crippen LogP contribution >= 0.6 is 23.2 Å². The fraction of sp³-hybridized carbons (Fsp3) is 0.0588. The van der Waals surface area contributed by atoms with Crippen LogP contribution in [0.3, 0.4) is 0 Å². The molecule has 1 aliphatic heterocycles. The number of hydrogen-bond donors (Lipinski definition) is 0. The van der Waals surface area contributed by atoms with E-state index in [4.69, 9.17) is 32.8 Å². The summed E-state index contributed by atoms with van der Waals surface area (Å²) >= 11 is 12.1. The molecule has 0 spiro atoms. The van der Waals surface area contributed by atoms with Crippen molar-refractivity contribution in [1.82, 2.24) is 0 Å². The van der Waals surface area contributed by atoms with Gasteiger partial charge in [0.25, 0.3) is 0 Å². The number of carbonyl (C=O) groups excluding carboxylic acids is 1. The highest BCUT2D eigenvalue weighted by molar-refractivity contribution is 6.40. The van der Waals surface area contributed by atoms with Crippen LogP contribution in [0.5, 0.6) is 5.75 Å². The summed E-state index contributed by atoms with van der Waals surface area (Å²) in [5.74, 6) is 0.0955. The highest BCUT2D eigenvalue weighted by Crippen LogP contribution is 2.29. The van der Waals surface area contributed by atoms with Gasteiger partial charge in [-0.2, -0.15) is 0 Å². The van der Waals surface area contributed by atoms with E-state index in [1.54, 1.807) is 37.5 Å². The second-order valence-electron chi connectivity index (χ2n) is 4.74. The number of para-hydroxylation sites is 1. The Balaban J connectivity index is 2.08. The van der Waals surface area contributed by atoms with E-state index < -0.39 is 5.97 Å². The van der Waals surface area contributed by atoms with Crippen LogP contribution in [0.25, 0.3) is 6.08 Å². The quantitative estimate of drug-likeness (QED) is 0.612. The number of nitrogens with zero attached hydrogens (tertiary/aromatic N) is 1. The van der Waals surface area contributed by atoms with Crippen LogP contribution in [0, 0.1) is 0 Å². The Bertz CT molecular complexity index is 843. The second kappa shape index (κ2) is 6.44. The monoisotopic (exact) mass is 347 g/mol. The number of methoxy groups -OCH3 is 1. The maximum atomic E-state index is 12.0.